The molecule has 0 aromatic heterocycles. The van der Waals surface area contributed by atoms with E-state index in [1.54, 1.807) is 0 Å². The van der Waals surface area contributed by atoms with E-state index in [1.807, 2.05) is 11.8 Å². The number of thioether (sulfide) groups is 1. The maximum Gasteiger partial charge on any atom is 0.0669 e. The summed E-state index contributed by atoms with van der Waals surface area (Å²) in [4.78, 5) is 1.37. The highest BCUT2D eigenvalue weighted by Gasteiger charge is 2.15. The van der Waals surface area contributed by atoms with Crippen molar-refractivity contribution >= 4 is 11.8 Å². The zero-order valence-electron chi connectivity index (χ0n) is 12.9. The molecule has 20 heavy (non-hydrogen) atoms. The highest BCUT2D eigenvalue weighted by molar-refractivity contribution is 7.99. The van der Waals surface area contributed by atoms with E-state index >= 15 is 0 Å². The van der Waals surface area contributed by atoms with Crippen LogP contribution in [-0.4, -0.2) is 25.0 Å². The monoisotopic (exact) mass is 293 g/mol. The minimum atomic E-state index is 0.465. The van der Waals surface area contributed by atoms with Gasteiger partial charge in [0.15, 0.2) is 0 Å². The van der Waals surface area contributed by atoms with Crippen LogP contribution < -0.4 is 5.32 Å². The first-order valence-electron chi connectivity index (χ1n) is 7.70. The van der Waals surface area contributed by atoms with Crippen LogP contribution in [0, 0.1) is 12.8 Å². The Kier molecular flexibility index (Phi) is 6.40. The first-order valence-corrected chi connectivity index (χ1v) is 8.68. The molecular weight excluding hydrogens is 266 g/mol. The Morgan fingerprint density at radius 3 is 2.90 bits per heavy atom. The fraction of sp³-hybridized carbons (Fsp3) is 0.647. The van der Waals surface area contributed by atoms with Crippen LogP contribution in [0.25, 0.3) is 0 Å². The van der Waals surface area contributed by atoms with Crippen LogP contribution in [0.15, 0.2) is 23.1 Å². The average Bonchev–Trinajstić information content (AvgIpc) is 2.91. The second-order valence-electron chi connectivity index (χ2n) is 6.06. The SMILES string of the molecule is Cc1cc(SCC2CCCO2)ccc1CNCC(C)C. The van der Waals surface area contributed by atoms with Gasteiger partial charge in [0.05, 0.1) is 6.10 Å². The van der Waals surface area contributed by atoms with Gasteiger partial charge in [-0.1, -0.05) is 19.9 Å². The van der Waals surface area contributed by atoms with Gasteiger partial charge in [-0.25, -0.2) is 0 Å². The van der Waals surface area contributed by atoms with Crippen molar-refractivity contribution in [1.29, 1.82) is 0 Å². The van der Waals surface area contributed by atoms with Crippen molar-refractivity contribution in [2.75, 3.05) is 18.9 Å². The highest BCUT2D eigenvalue weighted by atomic mass is 32.2. The van der Waals surface area contributed by atoms with Crippen molar-refractivity contribution in [3.05, 3.63) is 29.3 Å². The molecule has 0 spiro atoms. The largest absolute Gasteiger partial charge is 0.377 e. The minimum absolute atomic E-state index is 0.465. The molecule has 112 valence electrons. The molecule has 0 saturated carbocycles. The van der Waals surface area contributed by atoms with Gasteiger partial charge in [-0.2, -0.15) is 0 Å². The quantitative estimate of drug-likeness (QED) is 0.767. The number of ether oxygens (including phenoxy) is 1. The predicted octanol–water partition coefficient (Wildman–Crippen LogP) is 4.01. The standard InChI is InChI=1S/C17H27NOS/c1-13(2)10-18-11-15-6-7-17(9-14(15)3)20-12-16-5-4-8-19-16/h6-7,9,13,16,18H,4-5,8,10-12H2,1-3H3. The van der Waals surface area contributed by atoms with Crippen molar-refractivity contribution in [3.63, 3.8) is 0 Å². The molecule has 1 saturated heterocycles. The van der Waals surface area contributed by atoms with Crippen molar-refractivity contribution in [3.8, 4) is 0 Å². The minimum Gasteiger partial charge on any atom is -0.377 e. The fourth-order valence-corrected chi connectivity index (χ4v) is 3.48. The molecule has 1 unspecified atom stereocenters. The summed E-state index contributed by atoms with van der Waals surface area (Å²) in [6.45, 7) is 9.69. The third kappa shape index (κ3) is 5.12. The maximum atomic E-state index is 5.67. The lowest BCUT2D eigenvalue weighted by atomic mass is 10.1. The smallest absolute Gasteiger partial charge is 0.0669 e. The number of nitrogens with one attached hydrogen (secondary N) is 1. The topological polar surface area (TPSA) is 21.3 Å². The van der Waals surface area contributed by atoms with Gasteiger partial charge in [0.2, 0.25) is 0 Å². The molecule has 1 aliphatic heterocycles. The van der Waals surface area contributed by atoms with E-state index < -0.39 is 0 Å². The lowest BCUT2D eigenvalue weighted by Crippen LogP contribution is -2.19. The van der Waals surface area contributed by atoms with Crippen molar-refractivity contribution in [2.24, 2.45) is 5.92 Å². The summed E-state index contributed by atoms with van der Waals surface area (Å²) in [6, 6.07) is 6.82. The van der Waals surface area contributed by atoms with Gasteiger partial charge >= 0.3 is 0 Å². The van der Waals surface area contributed by atoms with Gasteiger partial charge in [0.25, 0.3) is 0 Å². The molecule has 1 aromatic carbocycles. The van der Waals surface area contributed by atoms with E-state index in [0.29, 0.717) is 12.0 Å². The lowest BCUT2D eigenvalue weighted by Gasteiger charge is -2.12. The second kappa shape index (κ2) is 8.06. The number of aryl methyl sites for hydroxylation is 1. The van der Waals surface area contributed by atoms with Crippen LogP contribution in [0.4, 0.5) is 0 Å². The Balaban J connectivity index is 1.81. The van der Waals surface area contributed by atoms with Crippen molar-refractivity contribution in [1.82, 2.24) is 5.32 Å². The number of benzene rings is 1. The molecule has 1 atom stereocenters. The van der Waals surface area contributed by atoms with E-state index in [2.05, 4.69) is 44.3 Å². The van der Waals surface area contributed by atoms with Gasteiger partial charge in [0.1, 0.15) is 0 Å². The first kappa shape index (κ1) is 15.9. The summed E-state index contributed by atoms with van der Waals surface area (Å²) in [5.74, 6) is 1.79. The van der Waals surface area contributed by atoms with Crippen LogP contribution in [0.1, 0.15) is 37.8 Å². The summed E-state index contributed by atoms with van der Waals surface area (Å²) in [5, 5.41) is 3.51. The molecule has 1 heterocycles. The Bertz CT molecular complexity index is 413. The Hall–Kier alpha value is -0.510. The van der Waals surface area contributed by atoms with Crippen LogP contribution in [-0.2, 0) is 11.3 Å². The molecule has 2 rings (SSSR count). The summed E-state index contributed by atoms with van der Waals surface area (Å²) in [7, 11) is 0. The van der Waals surface area contributed by atoms with E-state index in [-0.39, 0.29) is 0 Å². The predicted molar refractivity (Wildman–Crippen MR) is 87.4 cm³/mol. The van der Waals surface area contributed by atoms with Crippen molar-refractivity contribution in [2.45, 2.75) is 51.2 Å². The molecule has 2 nitrogen and oxygen atoms in total. The third-order valence-electron chi connectivity index (χ3n) is 3.64. The Morgan fingerprint density at radius 1 is 1.40 bits per heavy atom. The zero-order chi connectivity index (χ0) is 14.4. The first-order chi connectivity index (χ1) is 9.65. The second-order valence-corrected chi connectivity index (χ2v) is 7.15. The van der Waals surface area contributed by atoms with Crippen molar-refractivity contribution < 1.29 is 4.74 Å². The molecule has 0 bridgehead atoms. The summed E-state index contributed by atoms with van der Waals surface area (Å²) < 4.78 is 5.67. The van der Waals surface area contributed by atoms with E-state index in [9.17, 15) is 0 Å². The highest BCUT2D eigenvalue weighted by Crippen LogP contribution is 2.25. The van der Waals surface area contributed by atoms with Gasteiger partial charge < -0.3 is 10.1 Å². The molecule has 1 aromatic rings. The number of rotatable bonds is 7. The zero-order valence-corrected chi connectivity index (χ0v) is 13.8. The number of hydrogen-bond donors (Lipinski definition) is 1. The molecule has 0 aliphatic carbocycles. The average molecular weight is 293 g/mol. The maximum absolute atomic E-state index is 5.67. The lowest BCUT2D eigenvalue weighted by molar-refractivity contribution is 0.129. The van der Waals surface area contributed by atoms with Crippen LogP contribution in [0.5, 0.6) is 0 Å². The molecule has 3 heteroatoms. The Morgan fingerprint density at radius 2 is 2.25 bits per heavy atom. The van der Waals surface area contributed by atoms with E-state index in [1.165, 1.54) is 28.9 Å². The van der Waals surface area contributed by atoms with Crippen LogP contribution in [0.3, 0.4) is 0 Å². The van der Waals surface area contributed by atoms with E-state index in [0.717, 1.165) is 25.4 Å². The molecule has 1 aliphatic rings. The normalized spacial score (nSPS) is 18.9. The summed E-state index contributed by atoms with van der Waals surface area (Å²) in [6.07, 6.45) is 2.92. The molecule has 1 N–H and O–H groups in total. The molecule has 0 amide bonds. The van der Waals surface area contributed by atoms with Gasteiger partial charge in [-0.15, -0.1) is 11.8 Å². The van der Waals surface area contributed by atoms with Gasteiger partial charge in [-0.3, -0.25) is 0 Å². The number of hydrogen-bond acceptors (Lipinski definition) is 3. The molecular formula is C17H27NOS. The fourth-order valence-electron chi connectivity index (χ4n) is 2.42. The summed E-state index contributed by atoms with van der Waals surface area (Å²) >= 11 is 1.92. The summed E-state index contributed by atoms with van der Waals surface area (Å²) in [5.41, 5.74) is 2.80. The van der Waals surface area contributed by atoms with Crippen LogP contribution >= 0.6 is 11.8 Å². The van der Waals surface area contributed by atoms with Crippen LogP contribution in [0.2, 0.25) is 0 Å². The van der Waals surface area contributed by atoms with Gasteiger partial charge in [0, 0.05) is 23.8 Å². The third-order valence-corrected chi connectivity index (χ3v) is 4.77. The molecule has 1 fully saturated rings. The molecule has 0 radical (unpaired) electrons. The van der Waals surface area contributed by atoms with E-state index in [4.69, 9.17) is 4.74 Å². The Labute approximate surface area is 127 Å². The van der Waals surface area contributed by atoms with Gasteiger partial charge in [-0.05, 0) is 55.5 Å².